The fourth-order valence-electron chi connectivity index (χ4n) is 2.61. The van der Waals surface area contributed by atoms with Gasteiger partial charge in [-0.05, 0) is 36.1 Å². The summed E-state index contributed by atoms with van der Waals surface area (Å²) in [5, 5.41) is 8.96. The van der Waals surface area contributed by atoms with E-state index in [-0.39, 0.29) is 11.5 Å². The number of carbonyl (C=O) groups excluding carboxylic acids is 1. The molecule has 1 aromatic rings. The number of benzene rings is 1. The van der Waals surface area contributed by atoms with E-state index in [9.17, 15) is 9.59 Å². The summed E-state index contributed by atoms with van der Waals surface area (Å²) >= 11 is 0. The molecule has 2 rings (SSSR count). The van der Waals surface area contributed by atoms with Crippen LogP contribution in [0, 0.1) is 5.92 Å². The maximum Gasteiger partial charge on any atom is 0.335 e. The molecule has 4 nitrogen and oxygen atoms in total. The van der Waals surface area contributed by atoms with Crippen molar-refractivity contribution < 1.29 is 14.7 Å². The van der Waals surface area contributed by atoms with Gasteiger partial charge in [-0.3, -0.25) is 4.79 Å². The Hall–Kier alpha value is -1.84. The lowest BCUT2D eigenvalue weighted by Gasteiger charge is -2.21. The lowest BCUT2D eigenvalue weighted by atomic mass is 10.1. The van der Waals surface area contributed by atoms with Crippen LogP contribution in [0.2, 0.25) is 0 Å². The number of hydrogen-bond donors (Lipinski definition) is 1. The number of aromatic carboxylic acids is 1. The molecule has 0 spiro atoms. The summed E-state index contributed by atoms with van der Waals surface area (Å²) < 4.78 is 0. The van der Waals surface area contributed by atoms with Crippen LogP contribution < -0.4 is 4.90 Å². The molecule has 0 bridgehead atoms. The zero-order chi connectivity index (χ0) is 14.0. The van der Waals surface area contributed by atoms with E-state index < -0.39 is 5.97 Å². The molecule has 0 saturated carbocycles. The van der Waals surface area contributed by atoms with Crippen LogP contribution in [-0.2, 0) is 11.2 Å². The maximum atomic E-state index is 12.0. The lowest BCUT2D eigenvalue weighted by molar-refractivity contribution is -0.117. The number of carboxylic acid groups (broad SMARTS) is 1. The minimum atomic E-state index is -0.951. The number of rotatable bonds is 5. The minimum Gasteiger partial charge on any atom is -0.478 e. The van der Waals surface area contributed by atoms with E-state index in [2.05, 4.69) is 13.8 Å². The summed E-state index contributed by atoms with van der Waals surface area (Å²) in [6, 6.07) is 4.93. The van der Waals surface area contributed by atoms with Gasteiger partial charge < -0.3 is 10.0 Å². The van der Waals surface area contributed by atoms with Gasteiger partial charge >= 0.3 is 5.97 Å². The Morgan fingerprint density at radius 2 is 2.21 bits per heavy atom. The molecule has 1 aromatic carbocycles. The molecule has 0 aliphatic carbocycles. The van der Waals surface area contributed by atoms with E-state index in [1.807, 2.05) is 0 Å². The number of hydrogen-bond acceptors (Lipinski definition) is 2. The molecule has 1 heterocycles. The highest BCUT2D eigenvalue weighted by atomic mass is 16.4. The normalized spacial score (nSPS) is 15.5. The van der Waals surface area contributed by atoms with Crippen molar-refractivity contribution in [1.29, 1.82) is 0 Å². The molecular formula is C15H19NO3. The molecule has 1 atom stereocenters. The van der Waals surface area contributed by atoms with Crippen molar-refractivity contribution in [1.82, 2.24) is 0 Å². The molecule has 1 aliphatic heterocycles. The predicted octanol–water partition coefficient (Wildman–Crippen LogP) is 2.71. The van der Waals surface area contributed by atoms with Gasteiger partial charge in [0.15, 0.2) is 0 Å². The summed E-state index contributed by atoms with van der Waals surface area (Å²) in [6.45, 7) is 4.99. The molecule has 1 amide bonds. The lowest BCUT2D eigenvalue weighted by Crippen LogP contribution is -2.31. The Morgan fingerprint density at radius 1 is 1.47 bits per heavy atom. The molecule has 0 saturated heterocycles. The summed E-state index contributed by atoms with van der Waals surface area (Å²) in [6.07, 6.45) is 2.51. The van der Waals surface area contributed by atoms with Crippen molar-refractivity contribution in [2.45, 2.75) is 33.1 Å². The van der Waals surface area contributed by atoms with E-state index in [1.54, 1.807) is 23.1 Å². The fraction of sp³-hybridized carbons (Fsp3) is 0.467. The Kier molecular flexibility index (Phi) is 3.88. The SMILES string of the molecule is CCCC(C)CN1C(=O)Cc2cc(C(=O)O)ccc21. The van der Waals surface area contributed by atoms with Crippen molar-refractivity contribution in [3.63, 3.8) is 0 Å². The first-order valence-electron chi connectivity index (χ1n) is 6.69. The van der Waals surface area contributed by atoms with Crippen molar-refractivity contribution in [2.75, 3.05) is 11.4 Å². The monoisotopic (exact) mass is 261 g/mol. The molecule has 1 N–H and O–H groups in total. The van der Waals surface area contributed by atoms with Crippen LogP contribution in [0.1, 0.15) is 42.6 Å². The molecule has 0 radical (unpaired) electrons. The highest BCUT2D eigenvalue weighted by Gasteiger charge is 2.28. The van der Waals surface area contributed by atoms with E-state index in [0.29, 0.717) is 18.9 Å². The molecular weight excluding hydrogens is 242 g/mol. The summed E-state index contributed by atoms with van der Waals surface area (Å²) in [4.78, 5) is 24.8. The average molecular weight is 261 g/mol. The largest absolute Gasteiger partial charge is 0.478 e. The van der Waals surface area contributed by atoms with Crippen LogP contribution in [0.5, 0.6) is 0 Å². The molecule has 0 aromatic heterocycles. The van der Waals surface area contributed by atoms with Gasteiger partial charge in [-0.2, -0.15) is 0 Å². The third-order valence-corrected chi connectivity index (χ3v) is 3.54. The van der Waals surface area contributed by atoms with Gasteiger partial charge in [0.25, 0.3) is 0 Å². The van der Waals surface area contributed by atoms with Crippen molar-refractivity contribution in [3.8, 4) is 0 Å². The first kappa shape index (κ1) is 13.6. The van der Waals surface area contributed by atoms with E-state index in [4.69, 9.17) is 5.11 Å². The first-order valence-corrected chi connectivity index (χ1v) is 6.69. The minimum absolute atomic E-state index is 0.0699. The van der Waals surface area contributed by atoms with Crippen LogP contribution in [-0.4, -0.2) is 23.5 Å². The predicted molar refractivity (Wildman–Crippen MR) is 73.5 cm³/mol. The van der Waals surface area contributed by atoms with Gasteiger partial charge in [-0.15, -0.1) is 0 Å². The van der Waals surface area contributed by atoms with Crippen LogP contribution in [0.25, 0.3) is 0 Å². The molecule has 1 unspecified atom stereocenters. The van der Waals surface area contributed by atoms with Crippen LogP contribution >= 0.6 is 0 Å². The molecule has 1 aliphatic rings. The van der Waals surface area contributed by atoms with Crippen molar-refractivity contribution in [2.24, 2.45) is 5.92 Å². The number of carboxylic acids is 1. The number of nitrogens with zero attached hydrogens (tertiary/aromatic N) is 1. The average Bonchev–Trinajstić information content (AvgIpc) is 2.65. The Balaban J connectivity index is 2.22. The van der Waals surface area contributed by atoms with E-state index >= 15 is 0 Å². The topological polar surface area (TPSA) is 57.6 Å². The van der Waals surface area contributed by atoms with Crippen LogP contribution in [0.15, 0.2) is 18.2 Å². The van der Waals surface area contributed by atoms with Gasteiger partial charge in [0.05, 0.1) is 12.0 Å². The Labute approximate surface area is 113 Å². The number of fused-ring (bicyclic) bond motifs is 1. The molecule has 102 valence electrons. The standard InChI is InChI=1S/C15H19NO3/c1-3-4-10(2)9-16-13-6-5-11(15(18)19)7-12(13)8-14(16)17/h5-7,10H,3-4,8-9H2,1-2H3,(H,18,19). The van der Waals surface area contributed by atoms with Gasteiger partial charge in [-0.1, -0.05) is 20.3 Å². The zero-order valence-electron chi connectivity index (χ0n) is 11.3. The third kappa shape index (κ3) is 2.78. The number of anilines is 1. The van der Waals surface area contributed by atoms with Crippen molar-refractivity contribution >= 4 is 17.6 Å². The van der Waals surface area contributed by atoms with Gasteiger partial charge in [0, 0.05) is 12.2 Å². The quantitative estimate of drug-likeness (QED) is 0.886. The second kappa shape index (κ2) is 5.43. The first-order chi connectivity index (χ1) is 9.02. The van der Waals surface area contributed by atoms with Gasteiger partial charge in [0.1, 0.15) is 0 Å². The van der Waals surface area contributed by atoms with E-state index in [0.717, 1.165) is 24.1 Å². The highest BCUT2D eigenvalue weighted by molar-refractivity contribution is 6.02. The van der Waals surface area contributed by atoms with Gasteiger partial charge in [-0.25, -0.2) is 4.79 Å². The zero-order valence-corrected chi connectivity index (χ0v) is 11.3. The van der Waals surface area contributed by atoms with E-state index in [1.165, 1.54) is 0 Å². The molecule has 4 heteroatoms. The van der Waals surface area contributed by atoms with Crippen LogP contribution in [0.3, 0.4) is 0 Å². The Morgan fingerprint density at radius 3 is 2.84 bits per heavy atom. The molecule has 0 fully saturated rings. The fourth-order valence-corrected chi connectivity index (χ4v) is 2.61. The smallest absolute Gasteiger partial charge is 0.335 e. The number of carbonyl (C=O) groups is 2. The Bertz CT molecular complexity index is 510. The second-order valence-electron chi connectivity index (χ2n) is 5.22. The summed E-state index contributed by atoms with van der Waals surface area (Å²) in [5.74, 6) is -0.424. The number of amides is 1. The highest BCUT2D eigenvalue weighted by Crippen LogP contribution is 2.30. The van der Waals surface area contributed by atoms with Crippen molar-refractivity contribution in [3.05, 3.63) is 29.3 Å². The second-order valence-corrected chi connectivity index (χ2v) is 5.22. The summed E-state index contributed by atoms with van der Waals surface area (Å²) in [5.41, 5.74) is 1.95. The molecule has 19 heavy (non-hydrogen) atoms. The summed E-state index contributed by atoms with van der Waals surface area (Å²) in [7, 11) is 0. The maximum absolute atomic E-state index is 12.0. The van der Waals surface area contributed by atoms with Crippen LogP contribution in [0.4, 0.5) is 5.69 Å². The third-order valence-electron chi connectivity index (χ3n) is 3.54. The van der Waals surface area contributed by atoms with Gasteiger partial charge in [0.2, 0.25) is 5.91 Å².